The van der Waals surface area contributed by atoms with Gasteiger partial charge in [0.15, 0.2) is 11.5 Å². The molecule has 1 saturated heterocycles. The number of piperidine rings is 1. The van der Waals surface area contributed by atoms with E-state index in [4.69, 9.17) is 14.2 Å². The van der Waals surface area contributed by atoms with Gasteiger partial charge in [-0.25, -0.2) is 0 Å². The van der Waals surface area contributed by atoms with Gasteiger partial charge in [-0.3, -0.25) is 9.59 Å². The van der Waals surface area contributed by atoms with Gasteiger partial charge in [-0.15, -0.1) is 0 Å². The van der Waals surface area contributed by atoms with Crippen molar-refractivity contribution in [3.63, 3.8) is 0 Å². The van der Waals surface area contributed by atoms with E-state index in [1.165, 1.54) is 4.90 Å². The summed E-state index contributed by atoms with van der Waals surface area (Å²) < 4.78 is 18.2. The van der Waals surface area contributed by atoms with Gasteiger partial charge in [-0.05, 0) is 61.8 Å². The fourth-order valence-electron chi connectivity index (χ4n) is 5.10. The molecular formula is C27H32N4O5. The summed E-state index contributed by atoms with van der Waals surface area (Å²) in [5.74, 6) is 1.77. The van der Waals surface area contributed by atoms with E-state index in [1.807, 2.05) is 36.4 Å². The zero-order valence-corrected chi connectivity index (χ0v) is 21.2. The van der Waals surface area contributed by atoms with Crippen LogP contribution in [-0.2, 0) is 13.6 Å². The van der Waals surface area contributed by atoms with Gasteiger partial charge in [0.05, 0.1) is 18.3 Å². The van der Waals surface area contributed by atoms with Crippen molar-refractivity contribution >= 4 is 22.5 Å². The molecule has 1 aromatic heterocycles. The summed E-state index contributed by atoms with van der Waals surface area (Å²) in [5.41, 5.74) is 2.26. The highest BCUT2D eigenvalue weighted by Crippen LogP contribution is 2.38. The summed E-state index contributed by atoms with van der Waals surface area (Å²) in [6, 6.07) is 11.7. The van der Waals surface area contributed by atoms with Crippen LogP contribution in [0.25, 0.3) is 10.9 Å². The number of ether oxygens (including phenoxy) is 3. The summed E-state index contributed by atoms with van der Waals surface area (Å²) in [4.78, 5) is 30.9. The Labute approximate surface area is 210 Å². The maximum absolute atomic E-state index is 13.7. The number of amides is 1. The Morgan fingerprint density at radius 2 is 1.86 bits per heavy atom. The van der Waals surface area contributed by atoms with Crippen LogP contribution in [0.3, 0.4) is 0 Å². The average molecular weight is 493 g/mol. The summed E-state index contributed by atoms with van der Waals surface area (Å²) in [6.07, 6.45) is 1.78. The van der Waals surface area contributed by atoms with Gasteiger partial charge in [0.1, 0.15) is 11.3 Å². The smallest absolute Gasteiger partial charge is 0.265 e. The Balaban J connectivity index is 1.76. The van der Waals surface area contributed by atoms with Crippen LogP contribution < -0.4 is 30.0 Å². The molecule has 190 valence electrons. The van der Waals surface area contributed by atoms with E-state index in [1.54, 1.807) is 32.8 Å². The van der Waals surface area contributed by atoms with Gasteiger partial charge < -0.3 is 33.9 Å². The fraction of sp³-hybridized carbons (Fsp3) is 0.407. The first-order valence-electron chi connectivity index (χ1n) is 12.2. The van der Waals surface area contributed by atoms with E-state index in [0.717, 1.165) is 48.1 Å². The molecule has 0 unspecified atom stereocenters. The molecule has 36 heavy (non-hydrogen) atoms. The molecule has 3 heterocycles. The van der Waals surface area contributed by atoms with Crippen LogP contribution in [0.2, 0.25) is 0 Å². The van der Waals surface area contributed by atoms with E-state index in [-0.39, 0.29) is 29.9 Å². The topological polar surface area (TPSA) is 85.3 Å². The normalized spacial score (nSPS) is 15.2. The van der Waals surface area contributed by atoms with Crippen LogP contribution in [0.1, 0.15) is 28.8 Å². The van der Waals surface area contributed by atoms with Gasteiger partial charge in [0.2, 0.25) is 6.79 Å². The molecule has 1 N–H and O–H groups in total. The second-order valence-electron chi connectivity index (χ2n) is 9.47. The quantitative estimate of drug-likeness (QED) is 0.566. The molecule has 9 nitrogen and oxygen atoms in total. The lowest BCUT2D eigenvalue weighted by Crippen LogP contribution is -2.45. The van der Waals surface area contributed by atoms with Crippen molar-refractivity contribution in [1.82, 2.24) is 14.8 Å². The number of carbonyl (C=O) groups is 1. The molecule has 2 aliphatic heterocycles. The monoisotopic (exact) mass is 492 g/mol. The molecular weight excluding hydrogens is 460 g/mol. The van der Waals surface area contributed by atoms with Gasteiger partial charge in [0, 0.05) is 39.1 Å². The molecule has 0 saturated carbocycles. The summed E-state index contributed by atoms with van der Waals surface area (Å²) in [6.45, 7) is 2.45. The molecule has 1 fully saturated rings. The van der Waals surface area contributed by atoms with E-state index < -0.39 is 0 Å². The lowest BCUT2D eigenvalue weighted by Gasteiger charge is -2.38. The third-order valence-electron chi connectivity index (χ3n) is 7.02. The molecule has 5 rings (SSSR count). The summed E-state index contributed by atoms with van der Waals surface area (Å²) in [7, 11) is 6.67. The van der Waals surface area contributed by atoms with Crippen molar-refractivity contribution in [2.24, 2.45) is 7.05 Å². The number of pyridine rings is 1. The maximum Gasteiger partial charge on any atom is 0.265 e. The highest BCUT2D eigenvalue weighted by Gasteiger charge is 2.31. The molecule has 0 bridgehead atoms. The standard InChI is InChI=1S/C27H32N4O5/c1-29(2)26(32)24-25(20-14-19(34-4)6-7-21(20)30(3)27(24)33)31(18-9-11-28-12-10-18)15-17-5-8-22-23(13-17)36-16-35-22/h5-8,13-14,18,28H,9-12,15-16H2,1-4H3. The van der Waals surface area contributed by atoms with E-state index in [2.05, 4.69) is 10.2 Å². The summed E-state index contributed by atoms with van der Waals surface area (Å²) >= 11 is 0. The van der Waals surface area contributed by atoms with E-state index in [9.17, 15) is 9.59 Å². The fourth-order valence-corrected chi connectivity index (χ4v) is 5.10. The number of hydrogen-bond acceptors (Lipinski definition) is 7. The Hall–Kier alpha value is -3.72. The number of hydrogen-bond donors (Lipinski definition) is 1. The number of benzene rings is 2. The van der Waals surface area contributed by atoms with E-state index >= 15 is 0 Å². The third-order valence-corrected chi connectivity index (χ3v) is 7.02. The van der Waals surface area contributed by atoms with Crippen LogP contribution in [0.5, 0.6) is 17.2 Å². The molecule has 0 aliphatic carbocycles. The van der Waals surface area contributed by atoms with Crippen LogP contribution >= 0.6 is 0 Å². The van der Waals surface area contributed by atoms with Crippen LogP contribution in [0.15, 0.2) is 41.2 Å². The van der Waals surface area contributed by atoms with Crippen molar-refractivity contribution in [2.75, 3.05) is 46.0 Å². The van der Waals surface area contributed by atoms with Gasteiger partial charge in [-0.1, -0.05) is 6.07 Å². The van der Waals surface area contributed by atoms with Crippen molar-refractivity contribution < 1.29 is 19.0 Å². The first-order valence-corrected chi connectivity index (χ1v) is 12.2. The predicted octanol–water partition coefficient (Wildman–Crippen LogP) is 2.74. The third kappa shape index (κ3) is 4.24. The largest absolute Gasteiger partial charge is 0.497 e. The molecule has 0 spiro atoms. The van der Waals surface area contributed by atoms with Gasteiger partial charge in [-0.2, -0.15) is 0 Å². The van der Waals surface area contributed by atoms with Crippen LogP contribution in [-0.4, -0.2) is 62.5 Å². The Morgan fingerprint density at radius 1 is 1.11 bits per heavy atom. The number of rotatable bonds is 6. The number of anilines is 1. The first-order chi connectivity index (χ1) is 17.4. The zero-order valence-electron chi connectivity index (χ0n) is 21.2. The Bertz CT molecular complexity index is 1360. The maximum atomic E-state index is 13.7. The van der Waals surface area contributed by atoms with Crippen molar-refractivity contribution in [3.05, 3.63) is 57.9 Å². The van der Waals surface area contributed by atoms with Crippen LogP contribution in [0.4, 0.5) is 5.69 Å². The Morgan fingerprint density at radius 3 is 2.58 bits per heavy atom. The molecule has 2 aromatic carbocycles. The zero-order chi connectivity index (χ0) is 25.4. The lowest BCUT2D eigenvalue weighted by atomic mass is 9.98. The minimum atomic E-state index is -0.319. The molecule has 3 aromatic rings. The molecule has 0 atom stereocenters. The van der Waals surface area contributed by atoms with Crippen LogP contribution in [0, 0.1) is 0 Å². The number of nitrogens with one attached hydrogen (secondary N) is 1. The highest BCUT2D eigenvalue weighted by molar-refractivity contribution is 6.07. The minimum absolute atomic E-state index is 0.131. The second kappa shape index (κ2) is 9.73. The number of carbonyl (C=O) groups excluding carboxylic acids is 1. The van der Waals surface area contributed by atoms with Crippen molar-refractivity contribution in [1.29, 1.82) is 0 Å². The second-order valence-corrected chi connectivity index (χ2v) is 9.47. The molecule has 0 radical (unpaired) electrons. The minimum Gasteiger partial charge on any atom is -0.497 e. The predicted molar refractivity (Wildman–Crippen MR) is 138 cm³/mol. The molecule has 2 aliphatic rings. The van der Waals surface area contributed by atoms with Gasteiger partial charge >= 0.3 is 0 Å². The number of aromatic nitrogens is 1. The SMILES string of the molecule is COc1ccc2c(c1)c(N(Cc1ccc3c(c1)OCO3)C1CCNCC1)c(C(=O)N(C)C)c(=O)n2C. The number of aryl methyl sites for hydroxylation is 1. The molecule has 1 amide bonds. The molecule has 9 heteroatoms. The van der Waals surface area contributed by atoms with Crippen molar-refractivity contribution in [3.8, 4) is 17.2 Å². The number of methoxy groups -OCH3 is 1. The van der Waals surface area contributed by atoms with Crippen molar-refractivity contribution in [2.45, 2.75) is 25.4 Å². The summed E-state index contributed by atoms with van der Waals surface area (Å²) in [5, 5.41) is 4.23. The highest BCUT2D eigenvalue weighted by atomic mass is 16.7. The number of fused-ring (bicyclic) bond motifs is 2. The number of nitrogens with zero attached hydrogens (tertiary/aromatic N) is 3. The van der Waals surface area contributed by atoms with E-state index in [0.29, 0.717) is 23.7 Å². The lowest BCUT2D eigenvalue weighted by molar-refractivity contribution is 0.0826. The Kier molecular flexibility index (Phi) is 6.49. The van der Waals surface area contributed by atoms with Gasteiger partial charge in [0.25, 0.3) is 11.5 Å². The first kappa shape index (κ1) is 24.0. The average Bonchev–Trinajstić information content (AvgIpc) is 3.37.